The molecule has 0 atom stereocenters. The monoisotopic (exact) mass is 485 g/mol. The number of nitrogens with zero attached hydrogens (tertiary/aromatic N) is 2. The third-order valence-electron chi connectivity index (χ3n) is 5.99. The molecule has 1 aliphatic heterocycles. The van der Waals surface area contributed by atoms with Crippen LogP contribution in [0.3, 0.4) is 0 Å². The molecule has 0 saturated carbocycles. The number of rotatable bonds is 6. The Kier molecular flexibility index (Phi) is 5.67. The van der Waals surface area contributed by atoms with E-state index in [9.17, 15) is 27.9 Å². The molecule has 1 amide bonds. The Labute approximate surface area is 196 Å². The highest BCUT2D eigenvalue weighted by Crippen LogP contribution is 2.37. The average Bonchev–Trinajstić information content (AvgIpc) is 2.98. The van der Waals surface area contributed by atoms with Gasteiger partial charge in [-0.1, -0.05) is 6.92 Å². The van der Waals surface area contributed by atoms with Crippen molar-refractivity contribution in [2.45, 2.75) is 40.2 Å². The van der Waals surface area contributed by atoms with Crippen molar-refractivity contribution in [2.24, 2.45) is 5.41 Å². The number of aromatic hydroxyl groups is 1. The van der Waals surface area contributed by atoms with Crippen LogP contribution in [-0.4, -0.2) is 45.9 Å². The van der Waals surface area contributed by atoms with E-state index in [4.69, 9.17) is 0 Å². The van der Waals surface area contributed by atoms with Gasteiger partial charge < -0.3 is 10.4 Å². The summed E-state index contributed by atoms with van der Waals surface area (Å²) in [6.45, 7) is 6.84. The van der Waals surface area contributed by atoms with Gasteiger partial charge in [-0.3, -0.25) is 18.7 Å². The molecule has 2 heterocycles. The maximum atomic E-state index is 13.4. The van der Waals surface area contributed by atoms with Crippen LogP contribution in [0.25, 0.3) is 16.7 Å². The Morgan fingerprint density at radius 3 is 2.35 bits per heavy atom. The summed E-state index contributed by atoms with van der Waals surface area (Å²) in [5, 5.41) is 12.9. The van der Waals surface area contributed by atoms with Crippen LogP contribution in [0, 0.1) is 5.41 Å². The van der Waals surface area contributed by atoms with Crippen molar-refractivity contribution in [1.82, 2.24) is 9.13 Å². The summed E-state index contributed by atoms with van der Waals surface area (Å²) in [4.78, 5) is 37.6. The maximum Gasteiger partial charge on any atom is 0.333 e. The van der Waals surface area contributed by atoms with Crippen LogP contribution in [-0.2, 0) is 14.6 Å². The smallest absolute Gasteiger partial charge is 0.333 e. The number of Topliss-reactive ketones (excluding diaryl/α,β-unsaturated/α-hetero) is 1. The molecule has 1 aromatic heterocycles. The van der Waals surface area contributed by atoms with Crippen LogP contribution in [0.2, 0.25) is 0 Å². The molecule has 0 aliphatic carbocycles. The molecule has 2 aromatic carbocycles. The molecule has 0 radical (unpaired) electrons. The number of hydrogen-bond acceptors (Lipinski definition) is 6. The van der Waals surface area contributed by atoms with Gasteiger partial charge in [-0.15, -0.1) is 0 Å². The predicted molar refractivity (Wildman–Crippen MR) is 130 cm³/mol. The number of carbonyl (C=O) groups excluding carboxylic acids is 2. The number of sulfone groups is 1. The van der Waals surface area contributed by atoms with Crippen LogP contribution < -0.4 is 11.0 Å². The first-order chi connectivity index (χ1) is 15.8. The van der Waals surface area contributed by atoms with E-state index in [1.54, 1.807) is 35.8 Å². The van der Waals surface area contributed by atoms with Gasteiger partial charge in [-0.25, -0.2) is 13.2 Å². The Morgan fingerprint density at radius 2 is 1.79 bits per heavy atom. The number of phenols is 1. The SMILES string of the molecule is CC(=O)Nc1ccc(-n2c(=O)n(C(C)C)c3cc(C(=O)CC4(C)CS(=O)(=O)C4)ccc32)cc1O. The van der Waals surface area contributed by atoms with Crippen molar-refractivity contribution in [3.05, 3.63) is 52.4 Å². The third kappa shape index (κ3) is 4.25. The molecule has 10 heteroatoms. The van der Waals surface area contributed by atoms with Gasteiger partial charge in [0.15, 0.2) is 15.6 Å². The molecule has 9 nitrogen and oxygen atoms in total. The summed E-state index contributed by atoms with van der Waals surface area (Å²) in [6, 6.07) is 9.30. The molecule has 2 N–H and O–H groups in total. The number of fused-ring (bicyclic) bond motifs is 1. The van der Waals surface area contributed by atoms with Gasteiger partial charge in [-0.2, -0.15) is 0 Å². The maximum absolute atomic E-state index is 13.4. The van der Waals surface area contributed by atoms with Crippen LogP contribution in [0.1, 0.15) is 50.5 Å². The van der Waals surface area contributed by atoms with Gasteiger partial charge in [0.05, 0.1) is 33.9 Å². The van der Waals surface area contributed by atoms with Crippen LogP contribution in [0.5, 0.6) is 5.75 Å². The minimum absolute atomic E-state index is 0.000955. The van der Waals surface area contributed by atoms with Gasteiger partial charge in [-0.05, 0) is 44.2 Å². The Hall–Kier alpha value is -3.40. The van der Waals surface area contributed by atoms with Crippen LogP contribution in [0.4, 0.5) is 5.69 Å². The number of nitrogens with one attached hydrogen (secondary N) is 1. The molecule has 0 spiro atoms. The van der Waals surface area contributed by atoms with Gasteiger partial charge in [0, 0.05) is 36.4 Å². The third-order valence-corrected chi connectivity index (χ3v) is 8.26. The minimum atomic E-state index is -3.06. The number of hydrogen-bond donors (Lipinski definition) is 2. The Balaban J connectivity index is 1.78. The zero-order valence-corrected chi connectivity index (χ0v) is 20.3. The van der Waals surface area contributed by atoms with E-state index in [0.717, 1.165) is 0 Å². The van der Waals surface area contributed by atoms with Gasteiger partial charge in [0.2, 0.25) is 5.91 Å². The zero-order valence-electron chi connectivity index (χ0n) is 19.5. The molecule has 1 aliphatic rings. The molecule has 1 fully saturated rings. The number of aromatic nitrogens is 2. The van der Waals surface area contributed by atoms with E-state index in [0.29, 0.717) is 22.3 Å². The molecule has 1 saturated heterocycles. The lowest BCUT2D eigenvalue weighted by molar-refractivity contribution is -0.114. The van der Waals surface area contributed by atoms with E-state index in [2.05, 4.69) is 5.32 Å². The zero-order chi connectivity index (χ0) is 25.0. The van der Waals surface area contributed by atoms with Crippen molar-refractivity contribution < 1.29 is 23.1 Å². The average molecular weight is 486 g/mol. The lowest BCUT2D eigenvalue weighted by Crippen LogP contribution is -2.47. The fourth-order valence-electron chi connectivity index (χ4n) is 4.71. The highest BCUT2D eigenvalue weighted by molar-refractivity contribution is 7.92. The summed E-state index contributed by atoms with van der Waals surface area (Å²) in [5.74, 6) is -0.687. The van der Waals surface area contributed by atoms with Crippen molar-refractivity contribution >= 4 is 38.2 Å². The molecular formula is C24H27N3O6S. The predicted octanol–water partition coefficient (Wildman–Crippen LogP) is 3.04. The van der Waals surface area contributed by atoms with Crippen LogP contribution >= 0.6 is 0 Å². The number of imidazole rings is 1. The van der Waals surface area contributed by atoms with E-state index >= 15 is 0 Å². The van der Waals surface area contributed by atoms with Crippen LogP contribution in [0.15, 0.2) is 41.2 Å². The van der Waals surface area contributed by atoms with Gasteiger partial charge >= 0.3 is 5.69 Å². The number of amides is 1. The topological polar surface area (TPSA) is 127 Å². The molecular weight excluding hydrogens is 458 g/mol. The van der Waals surface area contributed by atoms with Gasteiger partial charge in [0.1, 0.15) is 5.75 Å². The Bertz CT molecular complexity index is 1480. The standard InChI is InChI=1S/C24H27N3O6S/c1-14(2)26-20-9-16(22(30)11-24(4)12-34(32,33)13-24)5-8-19(20)27(23(26)31)17-6-7-18(21(29)10-17)25-15(3)28/h5-10,14,29H,11-13H2,1-4H3,(H,25,28). The van der Waals surface area contributed by atoms with E-state index in [1.165, 1.54) is 23.6 Å². The summed E-state index contributed by atoms with van der Waals surface area (Å²) in [5.41, 5.74) is 1.26. The Morgan fingerprint density at radius 1 is 1.12 bits per heavy atom. The molecule has 34 heavy (non-hydrogen) atoms. The van der Waals surface area contributed by atoms with Crippen molar-refractivity contribution in [3.8, 4) is 11.4 Å². The quantitative estimate of drug-likeness (QED) is 0.408. The van der Waals surface area contributed by atoms with Crippen molar-refractivity contribution in [3.63, 3.8) is 0 Å². The number of ketones is 1. The minimum Gasteiger partial charge on any atom is -0.506 e. The van der Waals surface area contributed by atoms with E-state index in [1.807, 2.05) is 13.8 Å². The molecule has 3 aromatic rings. The fourth-order valence-corrected chi connectivity index (χ4v) is 6.95. The largest absolute Gasteiger partial charge is 0.506 e. The number of phenolic OH excluding ortho intramolecular Hbond substituents is 1. The summed E-state index contributed by atoms with van der Waals surface area (Å²) in [6.07, 6.45) is 0.114. The normalized spacial score (nSPS) is 16.4. The second-order valence-electron chi connectivity index (χ2n) is 9.61. The lowest BCUT2D eigenvalue weighted by Gasteiger charge is -2.37. The summed E-state index contributed by atoms with van der Waals surface area (Å²) in [7, 11) is -3.06. The second-order valence-corrected chi connectivity index (χ2v) is 11.7. The van der Waals surface area contributed by atoms with Gasteiger partial charge in [0.25, 0.3) is 0 Å². The molecule has 4 rings (SSSR count). The second kappa shape index (κ2) is 8.12. The summed E-state index contributed by atoms with van der Waals surface area (Å²) < 4.78 is 26.2. The van der Waals surface area contributed by atoms with Crippen molar-refractivity contribution in [2.75, 3.05) is 16.8 Å². The molecule has 0 unspecified atom stereocenters. The van der Waals surface area contributed by atoms with E-state index in [-0.39, 0.29) is 52.8 Å². The number of benzene rings is 2. The summed E-state index contributed by atoms with van der Waals surface area (Å²) >= 11 is 0. The molecule has 0 bridgehead atoms. The highest BCUT2D eigenvalue weighted by Gasteiger charge is 2.45. The lowest BCUT2D eigenvalue weighted by atomic mass is 9.86. The number of anilines is 1. The first kappa shape index (κ1) is 23.7. The van der Waals surface area contributed by atoms with E-state index < -0.39 is 15.3 Å². The first-order valence-electron chi connectivity index (χ1n) is 10.9. The van der Waals surface area contributed by atoms with Crippen molar-refractivity contribution in [1.29, 1.82) is 0 Å². The fraction of sp³-hybridized carbons (Fsp3) is 0.375. The molecule has 180 valence electrons. The highest BCUT2D eigenvalue weighted by atomic mass is 32.2. The first-order valence-corrected chi connectivity index (χ1v) is 12.7. The number of carbonyl (C=O) groups is 2.